The SMILES string of the molecule is Nc1nc2ccc(-c3n[nH]c(C4CCCC4)n3)cc2s1. The molecule has 102 valence electrons. The number of hydrogen-bond donors (Lipinski definition) is 2. The van der Waals surface area contributed by atoms with Gasteiger partial charge in [-0.2, -0.15) is 5.10 Å². The number of nitrogens with one attached hydrogen (secondary N) is 1. The number of anilines is 1. The highest BCUT2D eigenvalue weighted by atomic mass is 32.1. The molecule has 0 atom stereocenters. The van der Waals surface area contributed by atoms with Crippen LogP contribution < -0.4 is 5.73 Å². The van der Waals surface area contributed by atoms with E-state index in [0.29, 0.717) is 11.0 Å². The lowest BCUT2D eigenvalue weighted by Gasteiger charge is -2.01. The molecule has 1 aliphatic rings. The molecule has 2 aromatic heterocycles. The minimum Gasteiger partial charge on any atom is -0.375 e. The van der Waals surface area contributed by atoms with E-state index in [-0.39, 0.29) is 0 Å². The maximum atomic E-state index is 5.74. The summed E-state index contributed by atoms with van der Waals surface area (Å²) in [5.74, 6) is 2.35. The maximum Gasteiger partial charge on any atom is 0.181 e. The Kier molecular flexibility index (Phi) is 2.70. The molecular weight excluding hydrogens is 270 g/mol. The molecule has 0 aliphatic heterocycles. The van der Waals surface area contributed by atoms with Crippen molar-refractivity contribution >= 4 is 26.7 Å². The van der Waals surface area contributed by atoms with Gasteiger partial charge in [0.05, 0.1) is 10.2 Å². The molecule has 0 unspecified atom stereocenters. The highest BCUT2D eigenvalue weighted by Crippen LogP contribution is 2.33. The van der Waals surface area contributed by atoms with E-state index in [0.717, 1.165) is 27.4 Å². The third-order valence-electron chi connectivity index (χ3n) is 3.91. The molecule has 5 nitrogen and oxygen atoms in total. The van der Waals surface area contributed by atoms with Crippen molar-refractivity contribution in [3.63, 3.8) is 0 Å². The van der Waals surface area contributed by atoms with E-state index < -0.39 is 0 Å². The smallest absolute Gasteiger partial charge is 0.181 e. The van der Waals surface area contributed by atoms with E-state index in [1.807, 2.05) is 12.1 Å². The molecule has 20 heavy (non-hydrogen) atoms. The van der Waals surface area contributed by atoms with Crippen molar-refractivity contribution in [2.45, 2.75) is 31.6 Å². The van der Waals surface area contributed by atoms with Gasteiger partial charge in [0.2, 0.25) is 0 Å². The van der Waals surface area contributed by atoms with Crippen molar-refractivity contribution in [3.8, 4) is 11.4 Å². The molecule has 1 saturated carbocycles. The van der Waals surface area contributed by atoms with Crippen molar-refractivity contribution in [3.05, 3.63) is 24.0 Å². The summed E-state index contributed by atoms with van der Waals surface area (Å²) in [6.07, 6.45) is 5.04. The number of hydrogen-bond acceptors (Lipinski definition) is 5. The summed E-state index contributed by atoms with van der Waals surface area (Å²) in [6, 6.07) is 6.04. The van der Waals surface area contributed by atoms with Crippen LogP contribution in [-0.2, 0) is 0 Å². The van der Waals surface area contributed by atoms with Gasteiger partial charge in [-0.1, -0.05) is 24.2 Å². The van der Waals surface area contributed by atoms with E-state index in [2.05, 4.69) is 26.2 Å². The number of thiazole rings is 1. The lowest BCUT2D eigenvalue weighted by molar-refractivity contribution is 0.672. The first-order valence-corrected chi connectivity index (χ1v) is 7.70. The average Bonchev–Trinajstić information content (AvgIpc) is 3.17. The van der Waals surface area contributed by atoms with Gasteiger partial charge in [-0.25, -0.2) is 9.97 Å². The second-order valence-corrected chi connectivity index (χ2v) is 6.32. The predicted octanol–water partition coefficient (Wildman–Crippen LogP) is 3.32. The lowest BCUT2D eigenvalue weighted by Crippen LogP contribution is -1.94. The number of rotatable bonds is 2. The van der Waals surface area contributed by atoms with Crippen LogP contribution >= 0.6 is 11.3 Å². The molecule has 4 rings (SSSR count). The highest BCUT2D eigenvalue weighted by molar-refractivity contribution is 7.22. The average molecular weight is 285 g/mol. The van der Waals surface area contributed by atoms with Crippen LogP contribution in [0, 0.1) is 0 Å². The highest BCUT2D eigenvalue weighted by Gasteiger charge is 2.21. The molecule has 0 spiro atoms. The summed E-state index contributed by atoms with van der Waals surface area (Å²) in [5.41, 5.74) is 7.68. The van der Waals surface area contributed by atoms with Gasteiger partial charge in [0, 0.05) is 11.5 Å². The Bertz CT molecular complexity index is 754. The quantitative estimate of drug-likeness (QED) is 0.757. The summed E-state index contributed by atoms with van der Waals surface area (Å²) in [4.78, 5) is 8.93. The van der Waals surface area contributed by atoms with Gasteiger partial charge in [0.1, 0.15) is 5.82 Å². The lowest BCUT2D eigenvalue weighted by atomic mass is 10.1. The normalized spacial score (nSPS) is 16.2. The molecule has 1 aliphatic carbocycles. The van der Waals surface area contributed by atoms with Crippen LogP contribution in [0.3, 0.4) is 0 Å². The number of nitrogen functional groups attached to an aromatic ring is 1. The van der Waals surface area contributed by atoms with Gasteiger partial charge in [0.15, 0.2) is 11.0 Å². The Hall–Kier alpha value is -1.95. The molecule has 0 bridgehead atoms. The maximum absolute atomic E-state index is 5.74. The van der Waals surface area contributed by atoms with E-state index in [9.17, 15) is 0 Å². The number of H-pyrrole nitrogens is 1. The molecule has 0 amide bonds. The predicted molar refractivity (Wildman–Crippen MR) is 80.6 cm³/mol. The van der Waals surface area contributed by atoms with Gasteiger partial charge in [-0.15, -0.1) is 0 Å². The zero-order chi connectivity index (χ0) is 13.5. The third kappa shape index (κ3) is 1.96. The number of nitrogens with two attached hydrogens (primary N) is 1. The van der Waals surface area contributed by atoms with E-state index in [1.165, 1.54) is 37.0 Å². The Balaban J connectivity index is 1.71. The Labute approximate surface area is 120 Å². The fraction of sp³-hybridized carbons (Fsp3) is 0.357. The molecular formula is C14H15N5S. The summed E-state index contributed by atoms with van der Waals surface area (Å²) in [7, 11) is 0. The molecule has 1 aromatic carbocycles. The van der Waals surface area contributed by atoms with Crippen LogP contribution in [0.15, 0.2) is 18.2 Å². The van der Waals surface area contributed by atoms with Crippen molar-refractivity contribution in [1.29, 1.82) is 0 Å². The first kappa shape index (κ1) is 11.8. The minimum atomic E-state index is 0.555. The number of aromatic amines is 1. The zero-order valence-electron chi connectivity index (χ0n) is 11.0. The van der Waals surface area contributed by atoms with E-state index in [4.69, 9.17) is 5.73 Å². The second-order valence-electron chi connectivity index (χ2n) is 5.26. The largest absolute Gasteiger partial charge is 0.375 e. The van der Waals surface area contributed by atoms with Crippen molar-refractivity contribution in [2.24, 2.45) is 0 Å². The fourth-order valence-electron chi connectivity index (χ4n) is 2.87. The van der Waals surface area contributed by atoms with E-state index >= 15 is 0 Å². The zero-order valence-corrected chi connectivity index (χ0v) is 11.8. The summed E-state index contributed by atoms with van der Waals surface area (Å²) in [6.45, 7) is 0. The first-order chi connectivity index (χ1) is 9.79. The molecule has 1 fully saturated rings. The van der Waals surface area contributed by atoms with Crippen LogP contribution in [-0.4, -0.2) is 20.2 Å². The van der Waals surface area contributed by atoms with Crippen molar-refractivity contribution < 1.29 is 0 Å². The molecule has 2 heterocycles. The summed E-state index contributed by atoms with van der Waals surface area (Å²) in [5, 5.41) is 8.06. The first-order valence-electron chi connectivity index (χ1n) is 6.88. The molecule has 3 N–H and O–H groups in total. The summed E-state index contributed by atoms with van der Waals surface area (Å²) < 4.78 is 1.08. The number of aromatic nitrogens is 4. The van der Waals surface area contributed by atoms with Crippen molar-refractivity contribution in [1.82, 2.24) is 20.2 Å². The van der Waals surface area contributed by atoms with Crippen LogP contribution in [0.25, 0.3) is 21.6 Å². The monoisotopic (exact) mass is 285 g/mol. The molecule has 3 aromatic rings. The van der Waals surface area contributed by atoms with Gasteiger partial charge < -0.3 is 5.73 Å². The third-order valence-corrected chi connectivity index (χ3v) is 4.76. The van der Waals surface area contributed by atoms with Gasteiger partial charge in [-0.3, -0.25) is 5.10 Å². The topological polar surface area (TPSA) is 80.5 Å². The number of benzene rings is 1. The Morgan fingerprint density at radius 2 is 2.05 bits per heavy atom. The van der Waals surface area contributed by atoms with Gasteiger partial charge >= 0.3 is 0 Å². The fourth-order valence-corrected chi connectivity index (χ4v) is 3.64. The van der Waals surface area contributed by atoms with E-state index in [1.54, 1.807) is 0 Å². The van der Waals surface area contributed by atoms with Crippen LogP contribution in [0.2, 0.25) is 0 Å². The van der Waals surface area contributed by atoms with Gasteiger partial charge in [-0.05, 0) is 31.0 Å². The second kappa shape index (κ2) is 4.56. The molecule has 0 saturated heterocycles. The molecule has 6 heteroatoms. The summed E-state index contributed by atoms with van der Waals surface area (Å²) >= 11 is 1.49. The standard InChI is InChI=1S/C14H15N5S/c15-14-16-10-6-5-9(7-11(10)20-14)13-17-12(18-19-13)8-3-1-2-4-8/h5-8H,1-4H2,(H2,15,16)(H,17,18,19). The number of nitrogens with zero attached hydrogens (tertiary/aromatic N) is 3. The number of fused-ring (bicyclic) bond motifs is 1. The van der Waals surface area contributed by atoms with Crippen molar-refractivity contribution in [2.75, 3.05) is 5.73 Å². The molecule has 0 radical (unpaired) electrons. The van der Waals surface area contributed by atoms with Crippen LogP contribution in [0.4, 0.5) is 5.13 Å². The van der Waals surface area contributed by atoms with Gasteiger partial charge in [0.25, 0.3) is 0 Å². The Morgan fingerprint density at radius 3 is 2.90 bits per heavy atom. The Morgan fingerprint density at radius 1 is 1.20 bits per heavy atom. The minimum absolute atomic E-state index is 0.555. The van der Waals surface area contributed by atoms with Crippen LogP contribution in [0.5, 0.6) is 0 Å². The van der Waals surface area contributed by atoms with Crippen LogP contribution in [0.1, 0.15) is 37.4 Å².